The number of carbonyl (C=O) groups is 1. The number of sulfonamides is 1. The SMILES string of the molecule is COc1ccc(N(CC(=O)Nc2ccccc2C(C)C)S(=O)(=O)c2ccc(C)cc2)cc1Cl. The number of ether oxygens (including phenoxy) is 1. The smallest absolute Gasteiger partial charge is 0.264 e. The molecule has 8 heteroatoms. The van der Waals surface area contributed by atoms with Crippen molar-refractivity contribution in [2.75, 3.05) is 23.3 Å². The second-order valence-corrected chi connectivity index (χ2v) is 10.2. The number of anilines is 2. The summed E-state index contributed by atoms with van der Waals surface area (Å²) < 4.78 is 33.3. The van der Waals surface area contributed by atoms with Crippen molar-refractivity contribution in [3.05, 3.63) is 82.9 Å². The highest BCUT2D eigenvalue weighted by Gasteiger charge is 2.28. The third-order valence-corrected chi connectivity index (χ3v) is 7.26. The van der Waals surface area contributed by atoms with Crippen molar-refractivity contribution in [2.45, 2.75) is 31.6 Å². The Morgan fingerprint density at radius 1 is 1.06 bits per heavy atom. The van der Waals surface area contributed by atoms with Crippen molar-refractivity contribution in [3.63, 3.8) is 0 Å². The van der Waals surface area contributed by atoms with Gasteiger partial charge in [-0.3, -0.25) is 9.10 Å². The van der Waals surface area contributed by atoms with Gasteiger partial charge in [0.05, 0.1) is 22.7 Å². The van der Waals surface area contributed by atoms with Crippen molar-refractivity contribution < 1.29 is 17.9 Å². The summed E-state index contributed by atoms with van der Waals surface area (Å²) in [5.41, 5.74) is 2.80. The normalized spacial score (nSPS) is 11.3. The Hall–Kier alpha value is -3.03. The van der Waals surface area contributed by atoms with E-state index >= 15 is 0 Å². The lowest BCUT2D eigenvalue weighted by Crippen LogP contribution is -2.38. The number of nitrogens with zero attached hydrogens (tertiary/aromatic N) is 1. The number of para-hydroxylation sites is 1. The van der Waals surface area contributed by atoms with Crippen LogP contribution >= 0.6 is 11.6 Å². The molecule has 0 saturated heterocycles. The van der Waals surface area contributed by atoms with Crippen molar-refractivity contribution in [1.29, 1.82) is 0 Å². The molecule has 174 valence electrons. The summed E-state index contributed by atoms with van der Waals surface area (Å²) in [5.74, 6) is 0.128. The first-order valence-electron chi connectivity index (χ1n) is 10.4. The molecule has 0 saturated carbocycles. The summed E-state index contributed by atoms with van der Waals surface area (Å²) in [7, 11) is -2.57. The summed E-state index contributed by atoms with van der Waals surface area (Å²) in [4.78, 5) is 13.1. The number of amides is 1. The third-order valence-electron chi connectivity index (χ3n) is 5.18. The molecule has 1 N–H and O–H groups in total. The molecule has 6 nitrogen and oxygen atoms in total. The second kappa shape index (κ2) is 10.3. The van der Waals surface area contributed by atoms with Crippen molar-refractivity contribution >= 4 is 38.9 Å². The second-order valence-electron chi connectivity index (χ2n) is 7.93. The zero-order valence-corrected chi connectivity index (χ0v) is 20.6. The van der Waals surface area contributed by atoms with Gasteiger partial charge in [0, 0.05) is 5.69 Å². The Labute approximate surface area is 200 Å². The third kappa shape index (κ3) is 5.67. The number of rotatable bonds is 8. The Kier molecular flexibility index (Phi) is 7.66. The molecule has 0 unspecified atom stereocenters. The molecule has 0 aliphatic rings. The number of aryl methyl sites for hydroxylation is 1. The molecule has 0 aliphatic carbocycles. The molecule has 33 heavy (non-hydrogen) atoms. The van der Waals surface area contributed by atoms with Gasteiger partial charge in [-0.25, -0.2) is 8.42 Å². The maximum absolute atomic E-state index is 13.5. The summed E-state index contributed by atoms with van der Waals surface area (Å²) >= 11 is 6.27. The van der Waals surface area contributed by atoms with Crippen LogP contribution in [0.25, 0.3) is 0 Å². The maximum Gasteiger partial charge on any atom is 0.264 e. The number of hydrogen-bond acceptors (Lipinski definition) is 4. The van der Waals surface area contributed by atoms with Crippen LogP contribution in [-0.2, 0) is 14.8 Å². The summed E-state index contributed by atoms with van der Waals surface area (Å²) in [6.07, 6.45) is 0. The largest absolute Gasteiger partial charge is 0.495 e. The lowest BCUT2D eigenvalue weighted by molar-refractivity contribution is -0.114. The van der Waals surface area contributed by atoms with Crippen molar-refractivity contribution in [1.82, 2.24) is 0 Å². The van der Waals surface area contributed by atoms with E-state index in [0.717, 1.165) is 15.4 Å². The summed E-state index contributed by atoms with van der Waals surface area (Å²) in [6, 6.07) is 18.5. The van der Waals surface area contributed by atoms with Crippen LogP contribution < -0.4 is 14.4 Å². The molecule has 1 amide bonds. The zero-order chi connectivity index (χ0) is 24.2. The van der Waals surface area contributed by atoms with E-state index in [1.54, 1.807) is 30.3 Å². The van der Waals surface area contributed by atoms with Crippen LogP contribution in [0, 0.1) is 6.92 Å². The number of nitrogens with one attached hydrogen (secondary N) is 1. The topological polar surface area (TPSA) is 75.7 Å². The van der Waals surface area contributed by atoms with E-state index in [-0.39, 0.29) is 21.5 Å². The fraction of sp³-hybridized carbons (Fsp3) is 0.240. The molecule has 0 bridgehead atoms. The number of benzene rings is 3. The maximum atomic E-state index is 13.5. The Morgan fingerprint density at radius 2 is 1.73 bits per heavy atom. The fourth-order valence-electron chi connectivity index (χ4n) is 3.40. The molecule has 0 aliphatic heterocycles. The van der Waals surface area contributed by atoms with Gasteiger partial charge in [0.25, 0.3) is 10.0 Å². The number of hydrogen-bond donors (Lipinski definition) is 1. The van der Waals surface area contributed by atoms with Crippen molar-refractivity contribution in [2.24, 2.45) is 0 Å². The van der Waals surface area contributed by atoms with E-state index in [1.807, 2.05) is 39.0 Å². The molecule has 0 atom stereocenters. The molecule has 0 heterocycles. The van der Waals surface area contributed by atoms with Gasteiger partial charge < -0.3 is 10.1 Å². The van der Waals surface area contributed by atoms with E-state index in [9.17, 15) is 13.2 Å². The number of carbonyl (C=O) groups excluding carboxylic acids is 1. The van der Waals surface area contributed by atoms with E-state index in [1.165, 1.54) is 25.3 Å². The van der Waals surface area contributed by atoms with E-state index in [0.29, 0.717) is 11.4 Å². The Bertz CT molecular complexity index is 1240. The minimum absolute atomic E-state index is 0.0791. The Balaban J connectivity index is 1.99. The molecular formula is C25H27ClN2O4S. The molecule has 0 spiro atoms. The quantitative estimate of drug-likeness (QED) is 0.448. The lowest BCUT2D eigenvalue weighted by Gasteiger charge is -2.25. The van der Waals surface area contributed by atoms with E-state index < -0.39 is 22.5 Å². The standard InChI is InChI=1S/C25H27ClN2O4S/c1-17(2)21-7-5-6-8-23(21)27-25(29)16-28(19-11-14-24(32-4)22(26)15-19)33(30,31)20-12-9-18(3)10-13-20/h5-15,17H,16H2,1-4H3,(H,27,29). The van der Waals surface area contributed by atoms with Gasteiger partial charge in [-0.15, -0.1) is 0 Å². The molecular weight excluding hydrogens is 460 g/mol. The molecule has 0 aromatic heterocycles. The first kappa shape index (κ1) is 24.6. The van der Waals surface area contributed by atoms with Crippen LogP contribution in [0.1, 0.15) is 30.9 Å². The van der Waals surface area contributed by atoms with Gasteiger partial charge in [-0.2, -0.15) is 0 Å². The number of methoxy groups -OCH3 is 1. The average Bonchev–Trinajstić information content (AvgIpc) is 2.78. The van der Waals surface area contributed by atoms with Gasteiger partial charge in [0.1, 0.15) is 12.3 Å². The highest BCUT2D eigenvalue weighted by atomic mass is 35.5. The fourth-order valence-corrected chi connectivity index (χ4v) is 5.06. The van der Waals surface area contributed by atoms with Crippen LogP contribution in [0.2, 0.25) is 5.02 Å². The summed E-state index contributed by atoms with van der Waals surface area (Å²) in [5, 5.41) is 3.10. The highest BCUT2D eigenvalue weighted by molar-refractivity contribution is 7.92. The Morgan fingerprint density at radius 3 is 2.33 bits per heavy atom. The first-order chi connectivity index (χ1) is 15.6. The van der Waals surface area contributed by atoms with Crippen molar-refractivity contribution in [3.8, 4) is 5.75 Å². The van der Waals surface area contributed by atoms with E-state index in [2.05, 4.69) is 5.32 Å². The average molecular weight is 487 g/mol. The van der Waals surface area contributed by atoms with Gasteiger partial charge in [0.2, 0.25) is 5.91 Å². The number of halogens is 1. The van der Waals surface area contributed by atoms with Gasteiger partial charge >= 0.3 is 0 Å². The predicted molar refractivity (Wildman–Crippen MR) is 133 cm³/mol. The zero-order valence-electron chi connectivity index (χ0n) is 19.0. The van der Waals surface area contributed by atoms with Crippen LogP contribution in [0.4, 0.5) is 11.4 Å². The first-order valence-corrected chi connectivity index (χ1v) is 12.3. The van der Waals surface area contributed by atoms with Crippen LogP contribution in [0.3, 0.4) is 0 Å². The predicted octanol–water partition coefficient (Wildman–Crippen LogP) is 5.61. The van der Waals surface area contributed by atoms with Gasteiger partial charge in [-0.05, 0) is 54.8 Å². The summed E-state index contributed by atoms with van der Waals surface area (Å²) in [6.45, 7) is 5.50. The van der Waals surface area contributed by atoms with Gasteiger partial charge in [-0.1, -0.05) is 61.3 Å². The van der Waals surface area contributed by atoms with E-state index in [4.69, 9.17) is 16.3 Å². The molecule has 3 aromatic carbocycles. The molecule has 3 rings (SSSR count). The van der Waals surface area contributed by atoms with Crippen LogP contribution in [0.15, 0.2) is 71.6 Å². The lowest BCUT2D eigenvalue weighted by atomic mass is 10.0. The van der Waals surface area contributed by atoms with Crippen LogP contribution in [0.5, 0.6) is 5.75 Å². The van der Waals surface area contributed by atoms with Gasteiger partial charge in [0.15, 0.2) is 0 Å². The van der Waals surface area contributed by atoms with Crippen LogP contribution in [-0.4, -0.2) is 28.0 Å². The molecule has 0 fully saturated rings. The monoisotopic (exact) mass is 486 g/mol. The minimum atomic E-state index is -4.05. The molecule has 0 radical (unpaired) electrons. The highest BCUT2D eigenvalue weighted by Crippen LogP contribution is 2.32. The minimum Gasteiger partial charge on any atom is -0.495 e. The molecule has 3 aromatic rings.